The fourth-order valence-electron chi connectivity index (χ4n) is 3.68. The molecular formula is C23H18N2O2. The standard InChI is InChI=1S/C23H18N2O2/c1-16-7-6-10-19(13-16)23(27)20-11-4-5-12-21(20)25(22(23)26)15-18-9-3-2-8-17(18)14-24/h2-13,27H,15H2,1H3/t23-/m1/s1. The van der Waals surface area contributed by atoms with E-state index >= 15 is 0 Å². The Morgan fingerprint density at radius 2 is 1.78 bits per heavy atom. The van der Waals surface area contributed by atoms with Crippen LogP contribution < -0.4 is 4.90 Å². The van der Waals surface area contributed by atoms with Crippen molar-refractivity contribution < 1.29 is 9.90 Å². The number of benzene rings is 3. The number of nitrogens with zero attached hydrogens (tertiary/aromatic N) is 2. The van der Waals surface area contributed by atoms with Crippen LogP contribution in [0.4, 0.5) is 5.69 Å². The maximum absolute atomic E-state index is 13.4. The number of nitriles is 1. The fraction of sp³-hybridized carbons (Fsp3) is 0.130. The molecule has 132 valence electrons. The topological polar surface area (TPSA) is 64.3 Å². The Balaban J connectivity index is 1.84. The van der Waals surface area contributed by atoms with Gasteiger partial charge in [0.25, 0.3) is 5.91 Å². The van der Waals surface area contributed by atoms with Gasteiger partial charge in [-0.2, -0.15) is 5.26 Å². The summed E-state index contributed by atoms with van der Waals surface area (Å²) in [6.45, 7) is 2.16. The zero-order valence-corrected chi connectivity index (χ0v) is 14.9. The third kappa shape index (κ3) is 2.61. The first kappa shape index (κ1) is 17.0. The van der Waals surface area contributed by atoms with Crippen LogP contribution >= 0.6 is 0 Å². The number of aryl methyl sites for hydroxylation is 1. The van der Waals surface area contributed by atoms with Crippen LogP contribution in [0, 0.1) is 18.3 Å². The van der Waals surface area contributed by atoms with Gasteiger partial charge < -0.3 is 10.0 Å². The summed E-state index contributed by atoms with van der Waals surface area (Å²) in [5, 5.41) is 20.9. The van der Waals surface area contributed by atoms with Crippen LogP contribution in [0.3, 0.4) is 0 Å². The molecule has 1 heterocycles. The highest BCUT2D eigenvalue weighted by atomic mass is 16.3. The average molecular weight is 354 g/mol. The Hall–Kier alpha value is -3.42. The zero-order valence-electron chi connectivity index (χ0n) is 14.9. The van der Waals surface area contributed by atoms with Crippen LogP contribution in [0.2, 0.25) is 0 Å². The quantitative estimate of drug-likeness (QED) is 0.781. The van der Waals surface area contributed by atoms with Crippen LogP contribution in [0.1, 0.15) is 27.8 Å². The van der Waals surface area contributed by atoms with Gasteiger partial charge in [0.2, 0.25) is 0 Å². The van der Waals surface area contributed by atoms with E-state index in [9.17, 15) is 15.2 Å². The van der Waals surface area contributed by atoms with Crippen molar-refractivity contribution in [2.24, 2.45) is 0 Å². The maximum atomic E-state index is 13.4. The first-order valence-electron chi connectivity index (χ1n) is 8.74. The Morgan fingerprint density at radius 1 is 1.04 bits per heavy atom. The van der Waals surface area contributed by atoms with Crippen LogP contribution in [0.25, 0.3) is 0 Å². The molecule has 0 bridgehead atoms. The molecule has 3 aromatic rings. The Labute approximate surface area is 157 Å². The van der Waals surface area contributed by atoms with Crippen LogP contribution in [0.5, 0.6) is 0 Å². The highest BCUT2D eigenvalue weighted by Gasteiger charge is 2.50. The summed E-state index contributed by atoms with van der Waals surface area (Å²) in [5.41, 5.74) is 2.29. The van der Waals surface area contributed by atoms with Crippen molar-refractivity contribution in [3.8, 4) is 6.07 Å². The summed E-state index contributed by atoms with van der Waals surface area (Å²) < 4.78 is 0. The molecule has 1 atom stereocenters. The predicted octanol–water partition coefficient (Wildman–Crippen LogP) is 3.65. The van der Waals surface area contributed by atoms with Gasteiger partial charge in [0, 0.05) is 5.56 Å². The minimum Gasteiger partial charge on any atom is -0.372 e. The first-order chi connectivity index (χ1) is 13.1. The van der Waals surface area contributed by atoms with Crippen molar-refractivity contribution in [3.05, 3.63) is 101 Å². The predicted molar refractivity (Wildman–Crippen MR) is 103 cm³/mol. The molecule has 0 spiro atoms. The molecule has 0 saturated heterocycles. The number of para-hydroxylation sites is 1. The van der Waals surface area contributed by atoms with E-state index in [1.807, 2.05) is 55.5 Å². The highest BCUT2D eigenvalue weighted by Crippen LogP contribution is 2.45. The fourth-order valence-corrected chi connectivity index (χ4v) is 3.68. The third-order valence-corrected chi connectivity index (χ3v) is 5.04. The van der Waals surface area contributed by atoms with Crippen LogP contribution in [-0.4, -0.2) is 11.0 Å². The lowest BCUT2D eigenvalue weighted by Gasteiger charge is -2.24. The number of carbonyl (C=O) groups is 1. The van der Waals surface area contributed by atoms with Gasteiger partial charge in [0.15, 0.2) is 5.60 Å². The lowest BCUT2D eigenvalue weighted by molar-refractivity contribution is -0.132. The third-order valence-electron chi connectivity index (χ3n) is 5.04. The summed E-state index contributed by atoms with van der Waals surface area (Å²) in [5.74, 6) is -0.401. The molecular weight excluding hydrogens is 336 g/mol. The number of carbonyl (C=O) groups excluding carboxylic acids is 1. The van der Waals surface area contributed by atoms with Crippen molar-refractivity contribution in [2.75, 3.05) is 4.90 Å². The number of rotatable bonds is 3. The highest BCUT2D eigenvalue weighted by molar-refractivity contribution is 6.09. The second-order valence-electron chi connectivity index (χ2n) is 6.76. The van der Waals surface area contributed by atoms with Crippen LogP contribution in [-0.2, 0) is 16.9 Å². The van der Waals surface area contributed by atoms with Crippen molar-refractivity contribution in [1.29, 1.82) is 5.26 Å². The second kappa shape index (κ2) is 6.39. The largest absolute Gasteiger partial charge is 0.372 e. The lowest BCUT2D eigenvalue weighted by Crippen LogP contribution is -2.41. The molecule has 27 heavy (non-hydrogen) atoms. The average Bonchev–Trinajstić information content (AvgIpc) is 2.91. The van der Waals surface area contributed by atoms with Gasteiger partial charge in [-0.15, -0.1) is 0 Å². The minimum atomic E-state index is -1.73. The van der Waals surface area contributed by atoms with Gasteiger partial charge in [0.1, 0.15) is 0 Å². The van der Waals surface area contributed by atoms with Gasteiger partial charge in [-0.05, 0) is 30.2 Å². The number of hydrogen-bond donors (Lipinski definition) is 1. The van der Waals surface area contributed by atoms with E-state index in [1.54, 1.807) is 29.2 Å². The molecule has 4 rings (SSSR count). The first-order valence-corrected chi connectivity index (χ1v) is 8.74. The van der Waals surface area contributed by atoms with Crippen molar-refractivity contribution in [2.45, 2.75) is 19.1 Å². The smallest absolute Gasteiger partial charge is 0.268 e. The molecule has 3 aromatic carbocycles. The molecule has 4 nitrogen and oxygen atoms in total. The number of anilines is 1. The number of amides is 1. The summed E-state index contributed by atoms with van der Waals surface area (Å²) in [4.78, 5) is 15.0. The van der Waals surface area contributed by atoms with E-state index in [0.29, 0.717) is 22.4 Å². The SMILES string of the molecule is Cc1cccc([C@]2(O)C(=O)N(Cc3ccccc3C#N)c3ccccc32)c1. The molecule has 1 amide bonds. The maximum Gasteiger partial charge on any atom is 0.268 e. The van der Waals surface area contributed by atoms with E-state index in [-0.39, 0.29) is 6.54 Å². The number of aliphatic hydroxyl groups is 1. The molecule has 0 unspecified atom stereocenters. The summed E-state index contributed by atoms with van der Waals surface area (Å²) >= 11 is 0. The second-order valence-corrected chi connectivity index (χ2v) is 6.76. The van der Waals surface area contributed by atoms with Gasteiger partial charge in [-0.1, -0.05) is 66.2 Å². The Kier molecular flexibility index (Phi) is 4.02. The number of hydrogen-bond acceptors (Lipinski definition) is 3. The van der Waals surface area contributed by atoms with E-state index in [1.165, 1.54) is 0 Å². The van der Waals surface area contributed by atoms with Gasteiger partial charge in [0.05, 0.1) is 23.9 Å². The molecule has 4 heteroatoms. The monoisotopic (exact) mass is 354 g/mol. The van der Waals surface area contributed by atoms with Crippen molar-refractivity contribution >= 4 is 11.6 Å². The normalized spacial score (nSPS) is 18.3. The summed E-state index contributed by atoms with van der Waals surface area (Å²) in [6, 6.07) is 24.0. The molecule has 1 aliphatic rings. The molecule has 0 aromatic heterocycles. The molecule has 0 fully saturated rings. The molecule has 0 saturated carbocycles. The molecule has 0 radical (unpaired) electrons. The van der Waals surface area contributed by atoms with Gasteiger partial charge in [-0.3, -0.25) is 4.79 Å². The van der Waals surface area contributed by atoms with Crippen molar-refractivity contribution in [3.63, 3.8) is 0 Å². The van der Waals surface area contributed by atoms with E-state index in [2.05, 4.69) is 6.07 Å². The molecule has 0 aliphatic carbocycles. The summed E-state index contributed by atoms with van der Waals surface area (Å²) in [7, 11) is 0. The minimum absolute atomic E-state index is 0.230. The lowest BCUT2D eigenvalue weighted by atomic mass is 9.87. The Morgan fingerprint density at radius 3 is 2.56 bits per heavy atom. The molecule has 1 aliphatic heterocycles. The van der Waals surface area contributed by atoms with Crippen molar-refractivity contribution in [1.82, 2.24) is 0 Å². The van der Waals surface area contributed by atoms with Gasteiger partial charge >= 0.3 is 0 Å². The Bertz CT molecular complexity index is 1080. The van der Waals surface area contributed by atoms with E-state index in [4.69, 9.17) is 0 Å². The summed E-state index contributed by atoms with van der Waals surface area (Å²) in [6.07, 6.45) is 0. The van der Waals surface area contributed by atoms with E-state index < -0.39 is 11.5 Å². The number of fused-ring (bicyclic) bond motifs is 1. The van der Waals surface area contributed by atoms with E-state index in [0.717, 1.165) is 11.1 Å². The van der Waals surface area contributed by atoms with Crippen LogP contribution in [0.15, 0.2) is 72.8 Å². The van der Waals surface area contributed by atoms with Gasteiger partial charge in [-0.25, -0.2) is 0 Å². The zero-order chi connectivity index (χ0) is 19.0. The molecule has 1 N–H and O–H groups in total.